The van der Waals surface area contributed by atoms with Crippen molar-refractivity contribution in [2.75, 3.05) is 11.9 Å². The number of imide groups is 1. The van der Waals surface area contributed by atoms with Crippen molar-refractivity contribution in [3.63, 3.8) is 0 Å². The Balaban J connectivity index is 1.69. The molecule has 1 fully saturated rings. The van der Waals surface area contributed by atoms with E-state index in [-0.39, 0.29) is 13.0 Å². The molecule has 7 nitrogen and oxygen atoms in total. The molecule has 3 rings (SSSR count). The monoisotopic (exact) mass is 376 g/mol. The molecule has 0 spiro atoms. The predicted octanol–water partition coefficient (Wildman–Crippen LogP) is 2.47. The highest BCUT2D eigenvalue weighted by Gasteiger charge is 2.49. The Labute approximate surface area is 163 Å². The SMILES string of the molecule is Cc1ccc([C@@]2(C)NC(=O)N(CC(=O)Nc3ccc(CC#N)cc3)C2=O)cc1. The third kappa shape index (κ3) is 3.71. The molecular weight excluding hydrogens is 356 g/mol. The quantitative estimate of drug-likeness (QED) is 0.783. The fourth-order valence-electron chi connectivity index (χ4n) is 3.06. The highest BCUT2D eigenvalue weighted by Crippen LogP contribution is 2.29. The Morgan fingerprint density at radius 2 is 1.79 bits per heavy atom. The van der Waals surface area contributed by atoms with Crippen LogP contribution in [0.25, 0.3) is 0 Å². The first kappa shape index (κ1) is 19.1. The van der Waals surface area contributed by atoms with Crippen LogP contribution in [0.5, 0.6) is 0 Å². The summed E-state index contributed by atoms with van der Waals surface area (Å²) in [6, 6.07) is 15.6. The Bertz CT molecular complexity index is 961. The molecule has 1 heterocycles. The van der Waals surface area contributed by atoms with Gasteiger partial charge < -0.3 is 10.6 Å². The van der Waals surface area contributed by atoms with Crippen LogP contribution < -0.4 is 10.6 Å². The molecule has 0 aliphatic carbocycles. The minimum Gasteiger partial charge on any atom is -0.325 e. The molecule has 1 saturated heterocycles. The third-order valence-electron chi connectivity index (χ3n) is 4.73. The Kier molecular flexibility index (Phi) is 5.14. The number of aryl methyl sites for hydroxylation is 1. The molecule has 2 N–H and O–H groups in total. The van der Waals surface area contributed by atoms with E-state index >= 15 is 0 Å². The molecule has 0 saturated carbocycles. The van der Waals surface area contributed by atoms with Crippen molar-refractivity contribution < 1.29 is 14.4 Å². The van der Waals surface area contributed by atoms with E-state index in [1.807, 2.05) is 19.1 Å². The first-order valence-electron chi connectivity index (χ1n) is 8.80. The maximum atomic E-state index is 12.9. The lowest BCUT2D eigenvalue weighted by Crippen LogP contribution is -2.42. The van der Waals surface area contributed by atoms with E-state index in [1.165, 1.54) is 0 Å². The van der Waals surface area contributed by atoms with Crippen LogP contribution in [0, 0.1) is 18.3 Å². The summed E-state index contributed by atoms with van der Waals surface area (Å²) >= 11 is 0. The number of benzene rings is 2. The van der Waals surface area contributed by atoms with E-state index in [1.54, 1.807) is 43.3 Å². The maximum Gasteiger partial charge on any atom is 0.325 e. The average molecular weight is 376 g/mol. The van der Waals surface area contributed by atoms with E-state index in [0.29, 0.717) is 11.3 Å². The summed E-state index contributed by atoms with van der Waals surface area (Å²) in [5, 5.41) is 14.0. The number of urea groups is 1. The number of nitriles is 1. The largest absolute Gasteiger partial charge is 0.325 e. The number of rotatable bonds is 5. The highest BCUT2D eigenvalue weighted by atomic mass is 16.2. The lowest BCUT2D eigenvalue weighted by atomic mass is 9.91. The maximum absolute atomic E-state index is 12.9. The molecule has 1 aliphatic heterocycles. The number of carbonyl (C=O) groups is 3. The summed E-state index contributed by atoms with van der Waals surface area (Å²) < 4.78 is 0. The van der Waals surface area contributed by atoms with Crippen LogP contribution in [0.4, 0.5) is 10.5 Å². The van der Waals surface area contributed by atoms with Crippen molar-refractivity contribution in [2.24, 2.45) is 0 Å². The first-order valence-corrected chi connectivity index (χ1v) is 8.80. The van der Waals surface area contributed by atoms with Crippen molar-refractivity contribution in [3.8, 4) is 6.07 Å². The minimum absolute atomic E-state index is 0.286. The van der Waals surface area contributed by atoms with Crippen LogP contribution in [0.1, 0.15) is 23.6 Å². The van der Waals surface area contributed by atoms with Gasteiger partial charge in [-0.25, -0.2) is 4.79 Å². The molecule has 2 aromatic rings. The van der Waals surface area contributed by atoms with Crippen molar-refractivity contribution >= 4 is 23.5 Å². The van der Waals surface area contributed by atoms with Crippen LogP contribution >= 0.6 is 0 Å². The zero-order valence-corrected chi connectivity index (χ0v) is 15.7. The number of nitrogens with zero attached hydrogens (tertiary/aromatic N) is 2. The van der Waals surface area contributed by atoms with Gasteiger partial charge >= 0.3 is 6.03 Å². The van der Waals surface area contributed by atoms with Gasteiger partial charge in [-0.2, -0.15) is 5.26 Å². The van der Waals surface area contributed by atoms with Gasteiger partial charge in [-0.3, -0.25) is 14.5 Å². The number of amides is 4. The molecule has 1 atom stereocenters. The topological polar surface area (TPSA) is 102 Å². The summed E-state index contributed by atoms with van der Waals surface area (Å²) in [5.41, 5.74) is 1.86. The van der Waals surface area contributed by atoms with Crippen LogP contribution in [-0.2, 0) is 21.5 Å². The van der Waals surface area contributed by atoms with Crippen molar-refractivity contribution in [1.82, 2.24) is 10.2 Å². The average Bonchev–Trinajstić information content (AvgIpc) is 2.88. The van der Waals surface area contributed by atoms with Gasteiger partial charge in [0.15, 0.2) is 0 Å². The van der Waals surface area contributed by atoms with E-state index in [9.17, 15) is 14.4 Å². The third-order valence-corrected chi connectivity index (χ3v) is 4.73. The van der Waals surface area contributed by atoms with Crippen LogP contribution in [0.3, 0.4) is 0 Å². The number of anilines is 1. The van der Waals surface area contributed by atoms with Gasteiger partial charge in [-0.15, -0.1) is 0 Å². The number of carbonyl (C=O) groups excluding carboxylic acids is 3. The fourth-order valence-corrected chi connectivity index (χ4v) is 3.06. The Morgan fingerprint density at radius 1 is 1.14 bits per heavy atom. The van der Waals surface area contributed by atoms with Gasteiger partial charge in [0.1, 0.15) is 12.1 Å². The van der Waals surface area contributed by atoms with Gasteiger partial charge in [0.05, 0.1) is 12.5 Å². The molecule has 2 aromatic carbocycles. The summed E-state index contributed by atoms with van der Waals surface area (Å²) in [6.45, 7) is 3.18. The van der Waals surface area contributed by atoms with Crippen LogP contribution in [0.15, 0.2) is 48.5 Å². The molecule has 7 heteroatoms. The zero-order chi connectivity index (χ0) is 20.3. The number of hydrogen-bond donors (Lipinski definition) is 2. The summed E-state index contributed by atoms with van der Waals surface area (Å²) in [5.74, 6) is -0.953. The van der Waals surface area contributed by atoms with E-state index in [2.05, 4.69) is 16.7 Å². The molecule has 0 aromatic heterocycles. The van der Waals surface area contributed by atoms with Gasteiger partial charge in [-0.05, 0) is 37.1 Å². The van der Waals surface area contributed by atoms with Crippen molar-refractivity contribution in [1.29, 1.82) is 5.26 Å². The molecule has 28 heavy (non-hydrogen) atoms. The van der Waals surface area contributed by atoms with Crippen molar-refractivity contribution in [3.05, 3.63) is 65.2 Å². The smallest absolute Gasteiger partial charge is 0.325 e. The van der Waals surface area contributed by atoms with Crippen LogP contribution in [0.2, 0.25) is 0 Å². The second kappa shape index (κ2) is 7.53. The van der Waals surface area contributed by atoms with Crippen molar-refractivity contribution in [2.45, 2.75) is 25.8 Å². The first-order chi connectivity index (χ1) is 13.3. The molecular formula is C21H20N4O3. The second-order valence-corrected chi connectivity index (χ2v) is 6.89. The fraction of sp³-hybridized carbons (Fsp3) is 0.238. The van der Waals surface area contributed by atoms with Gasteiger partial charge in [0, 0.05) is 5.69 Å². The van der Waals surface area contributed by atoms with E-state index < -0.39 is 23.4 Å². The van der Waals surface area contributed by atoms with E-state index in [4.69, 9.17) is 5.26 Å². The Hall–Kier alpha value is -3.66. The second-order valence-electron chi connectivity index (χ2n) is 6.89. The van der Waals surface area contributed by atoms with E-state index in [0.717, 1.165) is 16.0 Å². The number of nitrogens with one attached hydrogen (secondary N) is 2. The lowest BCUT2D eigenvalue weighted by Gasteiger charge is -2.22. The zero-order valence-electron chi connectivity index (χ0n) is 15.7. The van der Waals surface area contributed by atoms with Crippen LogP contribution in [-0.4, -0.2) is 29.3 Å². The summed E-state index contributed by atoms with van der Waals surface area (Å²) in [4.78, 5) is 38.4. The van der Waals surface area contributed by atoms with Gasteiger partial charge in [0.2, 0.25) is 5.91 Å². The number of hydrogen-bond acceptors (Lipinski definition) is 4. The van der Waals surface area contributed by atoms with Gasteiger partial charge in [-0.1, -0.05) is 42.0 Å². The molecule has 0 unspecified atom stereocenters. The summed E-state index contributed by atoms with van der Waals surface area (Å²) in [7, 11) is 0. The molecule has 0 radical (unpaired) electrons. The normalized spacial score (nSPS) is 18.5. The molecule has 1 aliphatic rings. The predicted molar refractivity (Wildman–Crippen MR) is 103 cm³/mol. The standard InChI is InChI=1S/C21H20N4O3/c1-14-3-7-16(8-4-14)21(2)19(27)25(20(28)24-21)13-18(26)23-17-9-5-15(6-10-17)11-12-22/h3-10H,11,13H2,1-2H3,(H,23,26)(H,24,28)/t21-/m1/s1. The molecule has 4 amide bonds. The molecule has 0 bridgehead atoms. The highest BCUT2D eigenvalue weighted by molar-refractivity contribution is 6.10. The summed E-state index contributed by atoms with van der Waals surface area (Å²) in [6.07, 6.45) is 0.286. The minimum atomic E-state index is -1.20. The Morgan fingerprint density at radius 3 is 2.39 bits per heavy atom. The van der Waals surface area contributed by atoms with Gasteiger partial charge in [0.25, 0.3) is 5.91 Å². The molecule has 142 valence electrons. The lowest BCUT2D eigenvalue weighted by molar-refractivity contribution is -0.133.